The summed E-state index contributed by atoms with van der Waals surface area (Å²) in [5.74, 6) is 1.24. The fraction of sp³-hybridized carbons (Fsp3) is 0.308. The maximum Gasteiger partial charge on any atom is 0.290 e. The highest BCUT2D eigenvalue weighted by Gasteiger charge is 2.26. The number of nitrogen functional groups attached to an aromatic ring is 1. The molecule has 12 heteroatoms. The quantitative estimate of drug-likeness (QED) is 0.281. The molecule has 3 aromatic heterocycles. The van der Waals surface area contributed by atoms with Gasteiger partial charge in [-0.1, -0.05) is 6.07 Å². The summed E-state index contributed by atoms with van der Waals surface area (Å²) in [6.45, 7) is 4.75. The van der Waals surface area contributed by atoms with Crippen LogP contribution in [0, 0.1) is 5.92 Å². The molecule has 10 nitrogen and oxygen atoms in total. The van der Waals surface area contributed by atoms with Crippen molar-refractivity contribution in [2.24, 2.45) is 5.92 Å². The van der Waals surface area contributed by atoms with Crippen molar-refractivity contribution in [2.45, 2.75) is 26.3 Å². The van der Waals surface area contributed by atoms with Gasteiger partial charge in [-0.2, -0.15) is 0 Å². The first-order valence-electron chi connectivity index (χ1n) is 12.3. The van der Waals surface area contributed by atoms with Crippen LogP contribution in [-0.4, -0.2) is 51.5 Å². The van der Waals surface area contributed by atoms with Crippen molar-refractivity contribution >= 4 is 57.9 Å². The van der Waals surface area contributed by atoms with Crippen LogP contribution in [0.4, 0.5) is 16.6 Å². The highest BCUT2D eigenvalue weighted by atomic mass is 32.2. The second kappa shape index (κ2) is 11.4. The summed E-state index contributed by atoms with van der Waals surface area (Å²) in [5, 5.41) is 5.45. The normalized spacial score (nSPS) is 17.3. The zero-order chi connectivity index (χ0) is 26.6. The van der Waals surface area contributed by atoms with E-state index in [1.54, 1.807) is 31.3 Å². The summed E-state index contributed by atoms with van der Waals surface area (Å²) in [6.07, 6.45) is 5.28. The van der Waals surface area contributed by atoms with E-state index in [9.17, 15) is 14.4 Å². The molecule has 0 saturated carbocycles. The van der Waals surface area contributed by atoms with Crippen molar-refractivity contribution in [2.75, 3.05) is 30.3 Å². The molecule has 196 valence electrons. The van der Waals surface area contributed by atoms with Crippen molar-refractivity contribution in [3.63, 3.8) is 0 Å². The third-order valence-corrected chi connectivity index (χ3v) is 8.42. The number of aromatic nitrogens is 3. The van der Waals surface area contributed by atoms with E-state index in [-0.39, 0.29) is 11.0 Å². The Morgan fingerprint density at radius 1 is 1.18 bits per heavy atom. The molecule has 2 aliphatic rings. The summed E-state index contributed by atoms with van der Waals surface area (Å²) in [7, 11) is 0. The Kier molecular flexibility index (Phi) is 7.82. The van der Waals surface area contributed by atoms with Gasteiger partial charge in [0.2, 0.25) is 5.95 Å². The van der Waals surface area contributed by atoms with Crippen molar-refractivity contribution in [1.82, 2.24) is 25.6 Å². The number of nitrogens with zero attached hydrogens (tertiary/aromatic N) is 4. The largest absolute Gasteiger partial charge is 0.384 e. The van der Waals surface area contributed by atoms with E-state index in [1.165, 1.54) is 11.3 Å². The Morgan fingerprint density at radius 3 is 2.71 bits per heavy atom. The topological polar surface area (TPSA) is 143 Å². The molecule has 0 unspecified atom stereocenters. The van der Waals surface area contributed by atoms with Gasteiger partial charge in [-0.15, -0.1) is 11.3 Å². The number of nitrogens with one attached hydrogen (secondary N) is 2. The van der Waals surface area contributed by atoms with E-state index < -0.39 is 5.91 Å². The maximum atomic E-state index is 11.8. The van der Waals surface area contributed by atoms with Crippen LogP contribution in [0.2, 0.25) is 0 Å². The summed E-state index contributed by atoms with van der Waals surface area (Å²) >= 11 is 2.31. The van der Waals surface area contributed by atoms with E-state index in [2.05, 4.69) is 30.5 Å². The van der Waals surface area contributed by atoms with Crippen LogP contribution in [0.15, 0.2) is 41.4 Å². The van der Waals surface area contributed by atoms with Crippen LogP contribution in [0.5, 0.6) is 0 Å². The second-order valence-electron chi connectivity index (χ2n) is 9.16. The Hall–Kier alpha value is -3.61. The molecule has 0 aromatic carbocycles. The van der Waals surface area contributed by atoms with Gasteiger partial charge in [0, 0.05) is 25.8 Å². The minimum atomic E-state index is -0.397. The third-order valence-electron chi connectivity index (χ3n) is 6.42. The van der Waals surface area contributed by atoms with Crippen molar-refractivity contribution < 1.29 is 14.4 Å². The third kappa shape index (κ3) is 6.09. The first kappa shape index (κ1) is 26.0. The number of rotatable bonds is 8. The highest BCUT2D eigenvalue weighted by molar-refractivity contribution is 8.18. The van der Waals surface area contributed by atoms with Gasteiger partial charge in [-0.3, -0.25) is 19.7 Å². The van der Waals surface area contributed by atoms with Crippen molar-refractivity contribution in [3.8, 4) is 10.6 Å². The van der Waals surface area contributed by atoms with Gasteiger partial charge in [0.15, 0.2) is 5.78 Å². The number of pyridine rings is 1. The summed E-state index contributed by atoms with van der Waals surface area (Å²) in [4.78, 5) is 52.6. The van der Waals surface area contributed by atoms with Gasteiger partial charge in [-0.05, 0) is 79.9 Å². The van der Waals surface area contributed by atoms with E-state index >= 15 is 0 Å². The minimum absolute atomic E-state index is 0.0435. The average molecular weight is 550 g/mol. The molecule has 5 rings (SSSR count). The number of hydrogen-bond donors (Lipinski definition) is 3. The van der Waals surface area contributed by atoms with Gasteiger partial charge < -0.3 is 16.0 Å². The van der Waals surface area contributed by atoms with E-state index in [1.807, 2.05) is 18.2 Å². The summed E-state index contributed by atoms with van der Waals surface area (Å²) < 4.78 is 0. The lowest BCUT2D eigenvalue weighted by molar-refractivity contribution is -0.115. The van der Waals surface area contributed by atoms with Crippen LogP contribution >= 0.6 is 23.1 Å². The highest BCUT2D eigenvalue weighted by Crippen LogP contribution is 2.31. The Morgan fingerprint density at radius 2 is 2.00 bits per heavy atom. The van der Waals surface area contributed by atoms with Gasteiger partial charge in [-0.25, -0.2) is 15.0 Å². The minimum Gasteiger partial charge on any atom is -0.384 e. The lowest BCUT2D eigenvalue weighted by Gasteiger charge is -2.32. The fourth-order valence-electron chi connectivity index (χ4n) is 4.41. The standard InChI is InChI=1S/C26H27N7O3S2/c1-15(34)19-3-4-20(37-19)23-17(2-5-22(27)31-23)14-28-13-16-7-10-33(11-8-16)25-29-9-6-18(30-25)12-21-24(35)32-26(36)38-21/h2-6,9,12,16,28H,7-8,10-11,13-14H2,1H3,(H2,27,31)(H,32,35,36)/b21-12+. The van der Waals surface area contributed by atoms with Crippen molar-refractivity contribution in [1.29, 1.82) is 0 Å². The molecule has 5 heterocycles. The Labute approximate surface area is 228 Å². The van der Waals surface area contributed by atoms with Crippen LogP contribution < -0.4 is 21.3 Å². The van der Waals surface area contributed by atoms with Crippen molar-refractivity contribution in [3.05, 3.63) is 57.6 Å². The van der Waals surface area contributed by atoms with Gasteiger partial charge in [0.1, 0.15) is 5.82 Å². The number of imide groups is 1. The second-order valence-corrected chi connectivity index (χ2v) is 11.3. The number of carbonyl (C=O) groups excluding carboxylic acids is 3. The predicted octanol–water partition coefficient (Wildman–Crippen LogP) is 3.72. The molecule has 0 radical (unpaired) electrons. The predicted molar refractivity (Wildman–Crippen MR) is 150 cm³/mol. The zero-order valence-electron chi connectivity index (χ0n) is 20.8. The van der Waals surface area contributed by atoms with Gasteiger partial charge in [0.05, 0.1) is 26.0 Å². The average Bonchev–Trinajstić information content (AvgIpc) is 3.52. The van der Waals surface area contributed by atoms with E-state index in [0.29, 0.717) is 39.7 Å². The molecule has 2 saturated heterocycles. The summed E-state index contributed by atoms with van der Waals surface area (Å²) in [6, 6.07) is 9.28. The number of anilines is 2. The molecule has 3 aromatic rings. The van der Waals surface area contributed by atoms with Crippen LogP contribution in [0.1, 0.15) is 40.7 Å². The molecule has 0 bridgehead atoms. The number of thioether (sulfide) groups is 1. The number of amides is 2. The zero-order valence-corrected chi connectivity index (χ0v) is 22.4. The van der Waals surface area contributed by atoms with Gasteiger partial charge >= 0.3 is 0 Å². The smallest absolute Gasteiger partial charge is 0.290 e. The fourth-order valence-corrected chi connectivity index (χ4v) is 6.00. The molecule has 38 heavy (non-hydrogen) atoms. The Bertz CT molecular complexity index is 1410. The van der Waals surface area contributed by atoms with E-state index in [4.69, 9.17) is 5.73 Å². The number of carbonyl (C=O) groups is 3. The van der Waals surface area contributed by atoms with Crippen LogP contribution in [-0.2, 0) is 11.3 Å². The number of nitrogens with two attached hydrogens (primary N) is 1. The Balaban J connectivity index is 1.15. The number of thiophene rings is 1. The number of ketones is 1. The molecule has 2 amide bonds. The first-order valence-corrected chi connectivity index (χ1v) is 13.9. The molecule has 2 fully saturated rings. The number of hydrogen-bond acceptors (Lipinski definition) is 11. The van der Waals surface area contributed by atoms with Gasteiger partial charge in [0.25, 0.3) is 11.1 Å². The monoisotopic (exact) mass is 549 g/mol. The molecule has 2 aliphatic heterocycles. The molecule has 4 N–H and O–H groups in total. The van der Waals surface area contributed by atoms with E-state index in [0.717, 1.165) is 60.4 Å². The molecular formula is C26H27N7O3S2. The SMILES string of the molecule is CC(=O)c1ccc(-c2nc(N)ccc2CNCC2CCN(c3nccc(/C=C4/SC(=O)NC4=O)n3)CC2)s1. The summed E-state index contributed by atoms with van der Waals surface area (Å²) in [5.41, 5.74) is 8.41. The lowest BCUT2D eigenvalue weighted by atomic mass is 9.97. The lowest BCUT2D eigenvalue weighted by Crippen LogP contribution is -2.38. The first-order chi connectivity index (χ1) is 18.4. The van der Waals surface area contributed by atoms with Crippen LogP contribution in [0.25, 0.3) is 16.6 Å². The molecule has 0 atom stereocenters. The number of Topliss-reactive ketones (excluding diaryl/α,β-unsaturated/α-hetero) is 1. The number of piperidine rings is 1. The maximum absolute atomic E-state index is 11.8. The molecular weight excluding hydrogens is 522 g/mol. The molecule has 0 spiro atoms. The van der Waals surface area contributed by atoms with Crippen LogP contribution in [0.3, 0.4) is 0 Å². The molecule has 0 aliphatic carbocycles.